The summed E-state index contributed by atoms with van der Waals surface area (Å²) >= 11 is 14.7. The van der Waals surface area contributed by atoms with Crippen LogP contribution >= 0.6 is 45.8 Å². The Morgan fingerprint density at radius 1 is 0.967 bits per heavy atom. The van der Waals surface area contributed by atoms with Gasteiger partial charge < -0.3 is 9.80 Å². The molecule has 0 aromatic heterocycles. The molecular formula is C24H27Cl2IN2O. The van der Waals surface area contributed by atoms with Gasteiger partial charge in [0, 0.05) is 39.7 Å². The van der Waals surface area contributed by atoms with Gasteiger partial charge in [-0.2, -0.15) is 0 Å². The molecule has 1 saturated carbocycles. The van der Waals surface area contributed by atoms with Gasteiger partial charge in [-0.3, -0.25) is 4.79 Å². The summed E-state index contributed by atoms with van der Waals surface area (Å²) in [7, 11) is 0. The lowest BCUT2D eigenvalue weighted by Crippen LogP contribution is -2.51. The summed E-state index contributed by atoms with van der Waals surface area (Å²) in [4.78, 5) is 17.6. The van der Waals surface area contributed by atoms with E-state index in [-0.39, 0.29) is 6.04 Å². The Bertz CT molecular complexity index is 883. The molecule has 4 rings (SSSR count). The predicted molar refractivity (Wildman–Crippen MR) is 133 cm³/mol. The van der Waals surface area contributed by atoms with Crippen LogP contribution in [0.1, 0.15) is 50.1 Å². The highest BCUT2D eigenvalue weighted by Gasteiger charge is 2.32. The van der Waals surface area contributed by atoms with E-state index in [9.17, 15) is 4.79 Å². The lowest BCUT2D eigenvalue weighted by atomic mass is 9.86. The van der Waals surface area contributed by atoms with Gasteiger partial charge in [0.25, 0.3) is 0 Å². The van der Waals surface area contributed by atoms with Gasteiger partial charge in [-0.25, -0.2) is 0 Å². The summed E-state index contributed by atoms with van der Waals surface area (Å²) < 4.78 is 1.13. The predicted octanol–water partition coefficient (Wildman–Crippen LogP) is 6.96. The maximum atomic E-state index is 13.1. The average Bonchev–Trinajstić information content (AvgIpc) is 2.75. The standard InChI is InChI=1S/C24H27Cl2IN2O/c25-19-8-6-18(7-9-19)23-16-28(24(30)14-17-4-2-1-3-5-17)12-13-29(23)22-11-10-20(26)15-21(22)27/h6-11,15,17,23H,1-5,12-14,16H2/t23-/m0/s1. The minimum Gasteiger partial charge on any atom is -0.360 e. The molecule has 2 aliphatic rings. The van der Waals surface area contributed by atoms with Crippen LogP contribution in [0.25, 0.3) is 0 Å². The van der Waals surface area contributed by atoms with Gasteiger partial charge >= 0.3 is 0 Å². The van der Waals surface area contributed by atoms with Crippen LogP contribution in [0.4, 0.5) is 5.69 Å². The number of carbonyl (C=O) groups excluding carboxylic acids is 1. The van der Waals surface area contributed by atoms with Crippen LogP contribution in [-0.4, -0.2) is 30.4 Å². The summed E-state index contributed by atoms with van der Waals surface area (Å²) in [6.45, 7) is 2.27. The topological polar surface area (TPSA) is 23.6 Å². The highest BCUT2D eigenvalue weighted by atomic mass is 127. The van der Waals surface area contributed by atoms with Crippen LogP contribution in [-0.2, 0) is 4.79 Å². The summed E-state index contributed by atoms with van der Waals surface area (Å²) in [6, 6.07) is 14.2. The molecule has 2 aromatic carbocycles. The number of benzene rings is 2. The number of rotatable bonds is 4. The first-order chi connectivity index (χ1) is 14.5. The van der Waals surface area contributed by atoms with E-state index >= 15 is 0 Å². The first-order valence-corrected chi connectivity index (χ1v) is 12.6. The lowest BCUT2D eigenvalue weighted by molar-refractivity contribution is -0.133. The van der Waals surface area contributed by atoms with Crippen LogP contribution in [0.2, 0.25) is 10.0 Å². The van der Waals surface area contributed by atoms with Gasteiger partial charge in [-0.05, 0) is 77.2 Å². The van der Waals surface area contributed by atoms with Crippen molar-refractivity contribution in [3.8, 4) is 0 Å². The number of carbonyl (C=O) groups is 1. The van der Waals surface area contributed by atoms with Crippen molar-refractivity contribution in [2.45, 2.75) is 44.6 Å². The maximum absolute atomic E-state index is 13.1. The van der Waals surface area contributed by atoms with Crippen molar-refractivity contribution in [3.05, 3.63) is 61.6 Å². The van der Waals surface area contributed by atoms with Crippen LogP contribution in [0.5, 0.6) is 0 Å². The minimum absolute atomic E-state index is 0.0982. The Kier molecular flexibility index (Phi) is 7.48. The number of nitrogens with zero attached hydrogens (tertiary/aromatic N) is 2. The fourth-order valence-electron chi connectivity index (χ4n) is 4.75. The SMILES string of the molecule is O=C(CC1CCCCC1)N1CCN(c2ccc(Cl)cc2I)[C@H](c2ccc(Cl)cc2)C1. The van der Waals surface area contributed by atoms with Crippen LogP contribution in [0, 0.1) is 9.49 Å². The van der Waals surface area contributed by atoms with E-state index in [2.05, 4.69) is 50.6 Å². The van der Waals surface area contributed by atoms with Gasteiger partial charge in [0.15, 0.2) is 0 Å². The number of hydrogen-bond donors (Lipinski definition) is 0. The Balaban J connectivity index is 1.56. The molecule has 1 atom stereocenters. The molecule has 1 heterocycles. The van der Waals surface area contributed by atoms with Crippen molar-refractivity contribution in [2.75, 3.05) is 24.5 Å². The minimum atomic E-state index is 0.0982. The van der Waals surface area contributed by atoms with E-state index < -0.39 is 0 Å². The molecule has 0 N–H and O–H groups in total. The molecule has 0 bridgehead atoms. The zero-order valence-electron chi connectivity index (χ0n) is 17.0. The van der Waals surface area contributed by atoms with Crippen molar-refractivity contribution in [2.24, 2.45) is 5.92 Å². The van der Waals surface area contributed by atoms with E-state index in [0.29, 0.717) is 24.8 Å². The van der Waals surface area contributed by atoms with E-state index in [1.165, 1.54) is 43.4 Å². The Labute approximate surface area is 202 Å². The number of piperazine rings is 1. The lowest BCUT2D eigenvalue weighted by Gasteiger charge is -2.44. The van der Waals surface area contributed by atoms with E-state index in [1.807, 2.05) is 24.3 Å². The Hall–Kier alpha value is -0.980. The first-order valence-electron chi connectivity index (χ1n) is 10.8. The summed E-state index contributed by atoms with van der Waals surface area (Å²) in [5.41, 5.74) is 2.35. The van der Waals surface area contributed by atoms with E-state index in [4.69, 9.17) is 23.2 Å². The molecule has 0 radical (unpaired) electrons. The largest absolute Gasteiger partial charge is 0.360 e. The molecule has 6 heteroatoms. The van der Waals surface area contributed by atoms with Crippen molar-refractivity contribution in [3.63, 3.8) is 0 Å². The second-order valence-electron chi connectivity index (χ2n) is 8.40. The zero-order valence-corrected chi connectivity index (χ0v) is 20.7. The highest BCUT2D eigenvalue weighted by molar-refractivity contribution is 14.1. The number of halogens is 3. The number of hydrogen-bond acceptors (Lipinski definition) is 2. The van der Waals surface area contributed by atoms with Crippen molar-refractivity contribution in [1.29, 1.82) is 0 Å². The molecule has 0 unspecified atom stereocenters. The van der Waals surface area contributed by atoms with E-state index in [0.717, 1.165) is 26.7 Å². The molecule has 0 spiro atoms. The molecule has 2 fully saturated rings. The molecule has 3 nitrogen and oxygen atoms in total. The molecule has 1 aliphatic carbocycles. The average molecular weight is 557 g/mol. The summed E-state index contributed by atoms with van der Waals surface area (Å²) in [5, 5.41) is 1.47. The van der Waals surface area contributed by atoms with Crippen LogP contribution < -0.4 is 4.90 Å². The third-order valence-corrected chi connectivity index (χ3v) is 7.75. The maximum Gasteiger partial charge on any atom is 0.222 e. The zero-order chi connectivity index (χ0) is 21.1. The number of anilines is 1. The first kappa shape index (κ1) is 22.2. The monoisotopic (exact) mass is 556 g/mol. The third kappa shape index (κ3) is 5.25. The summed E-state index contributed by atoms with van der Waals surface area (Å²) in [6.07, 6.45) is 6.97. The molecule has 1 aliphatic heterocycles. The normalized spacial score (nSPS) is 20.4. The van der Waals surface area contributed by atoms with Crippen LogP contribution in [0.15, 0.2) is 42.5 Å². The number of amides is 1. The Morgan fingerprint density at radius 3 is 2.37 bits per heavy atom. The van der Waals surface area contributed by atoms with Crippen LogP contribution in [0.3, 0.4) is 0 Å². The molecular weight excluding hydrogens is 530 g/mol. The van der Waals surface area contributed by atoms with Gasteiger partial charge in [-0.15, -0.1) is 0 Å². The fourth-order valence-corrected chi connectivity index (χ4v) is 6.06. The van der Waals surface area contributed by atoms with E-state index in [1.54, 1.807) is 0 Å². The van der Waals surface area contributed by atoms with Gasteiger partial charge in [0.2, 0.25) is 5.91 Å². The second kappa shape index (κ2) is 10.1. The van der Waals surface area contributed by atoms with Gasteiger partial charge in [-0.1, -0.05) is 54.6 Å². The Morgan fingerprint density at radius 2 is 1.67 bits per heavy atom. The molecule has 2 aromatic rings. The molecule has 30 heavy (non-hydrogen) atoms. The third-order valence-electron chi connectivity index (χ3n) is 6.40. The van der Waals surface area contributed by atoms with Gasteiger partial charge in [0.05, 0.1) is 11.7 Å². The van der Waals surface area contributed by atoms with Crippen molar-refractivity contribution in [1.82, 2.24) is 4.90 Å². The summed E-state index contributed by atoms with van der Waals surface area (Å²) in [5.74, 6) is 0.877. The van der Waals surface area contributed by atoms with Gasteiger partial charge in [0.1, 0.15) is 0 Å². The molecule has 1 saturated heterocycles. The van der Waals surface area contributed by atoms with Crippen molar-refractivity contribution >= 4 is 57.4 Å². The second-order valence-corrected chi connectivity index (χ2v) is 10.4. The quantitative estimate of drug-likeness (QED) is 0.380. The molecule has 160 valence electrons. The van der Waals surface area contributed by atoms with Crippen molar-refractivity contribution < 1.29 is 4.79 Å². The smallest absolute Gasteiger partial charge is 0.222 e. The fraction of sp³-hybridized carbons (Fsp3) is 0.458. The highest BCUT2D eigenvalue weighted by Crippen LogP contribution is 2.36. The molecule has 1 amide bonds.